The second kappa shape index (κ2) is 9.17. The molecule has 1 atom stereocenters. The van der Waals surface area contributed by atoms with Crippen molar-refractivity contribution in [2.45, 2.75) is 19.4 Å². The Morgan fingerprint density at radius 1 is 0.758 bits per heavy atom. The molecule has 5 nitrogen and oxygen atoms in total. The Hall–Kier alpha value is -4.12. The Balaban J connectivity index is 1.25. The van der Waals surface area contributed by atoms with Crippen LogP contribution in [0.3, 0.4) is 0 Å². The third kappa shape index (κ3) is 4.58. The summed E-state index contributed by atoms with van der Waals surface area (Å²) in [7, 11) is 1.67. The molecule has 0 spiro atoms. The van der Waals surface area contributed by atoms with Crippen LogP contribution >= 0.6 is 0 Å². The molecule has 0 aliphatic rings. The van der Waals surface area contributed by atoms with Crippen molar-refractivity contribution in [2.75, 3.05) is 7.11 Å². The third-order valence-electron chi connectivity index (χ3n) is 5.75. The molecule has 33 heavy (non-hydrogen) atoms. The van der Waals surface area contributed by atoms with E-state index in [0.29, 0.717) is 11.8 Å². The number of ether oxygens (including phenoxy) is 2. The zero-order valence-corrected chi connectivity index (χ0v) is 18.6. The molecular weight excluding hydrogens is 412 g/mol. The van der Waals surface area contributed by atoms with Crippen LogP contribution < -0.4 is 9.47 Å². The van der Waals surface area contributed by atoms with Crippen LogP contribution in [0.1, 0.15) is 30.2 Å². The van der Waals surface area contributed by atoms with Gasteiger partial charge in [-0.2, -0.15) is 0 Å². The molecule has 5 rings (SSSR count). The summed E-state index contributed by atoms with van der Waals surface area (Å²) in [6, 6.07) is 30.6. The topological polar surface area (TPSA) is 57.4 Å². The molecule has 0 aliphatic carbocycles. The average molecular weight is 437 g/mol. The summed E-state index contributed by atoms with van der Waals surface area (Å²) in [5.41, 5.74) is 3.43. The summed E-state index contributed by atoms with van der Waals surface area (Å²) in [5, 5.41) is 10.7. The summed E-state index contributed by atoms with van der Waals surface area (Å²) < 4.78 is 17.1. The Kier molecular flexibility index (Phi) is 5.77. The zero-order valence-electron chi connectivity index (χ0n) is 18.6. The van der Waals surface area contributed by atoms with Gasteiger partial charge >= 0.3 is 0 Å². The van der Waals surface area contributed by atoms with Gasteiger partial charge in [0.1, 0.15) is 11.5 Å². The number of rotatable bonds is 7. The van der Waals surface area contributed by atoms with Crippen LogP contribution in [0, 0.1) is 0 Å². The fourth-order valence-electron chi connectivity index (χ4n) is 3.80. The van der Waals surface area contributed by atoms with E-state index >= 15 is 0 Å². The van der Waals surface area contributed by atoms with E-state index in [4.69, 9.17) is 13.9 Å². The number of fused-ring (bicyclic) bond motifs is 1. The van der Waals surface area contributed by atoms with E-state index in [0.717, 1.165) is 33.4 Å². The summed E-state index contributed by atoms with van der Waals surface area (Å²) in [4.78, 5) is 0. The van der Waals surface area contributed by atoms with Crippen LogP contribution in [0.15, 0.2) is 95.4 Å². The predicted molar refractivity (Wildman–Crippen MR) is 129 cm³/mol. The van der Waals surface area contributed by atoms with E-state index in [2.05, 4.69) is 53.5 Å². The van der Waals surface area contributed by atoms with Crippen molar-refractivity contribution in [3.63, 3.8) is 0 Å². The van der Waals surface area contributed by atoms with Gasteiger partial charge in [0.25, 0.3) is 5.89 Å². The van der Waals surface area contributed by atoms with Crippen LogP contribution in [-0.4, -0.2) is 17.3 Å². The molecule has 5 heteroatoms. The van der Waals surface area contributed by atoms with Gasteiger partial charge in [0.15, 0.2) is 6.61 Å². The average Bonchev–Trinajstić information content (AvgIpc) is 3.36. The first kappa shape index (κ1) is 20.8. The van der Waals surface area contributed by atoms with Crippen molar-refractivity contribution >= 4 is 10.8 Å². The minimum absolute atomic E-state index is 0.0251. The maximum absolute atomic E-state index is 5.90. The second-order valence-corrected chi connectivity index (χ2v) is 7.91. The van der Waals surface area contributed by atoms with Gasteiger partial charge in [-0.15, -0.1) is 10.2 Å². The first-order chi connectivity index (χ1) is 16.2. The van der Waals surface area contributed by atoms with Crippen molar-refractivity contribution < 1.29 is 13.9 Å². The van der Waals surface area contributed by atoms with E-state index in [1.54, 1.807) is 7.11 Å². The molecule has 4 aromatic carbocycles. The predicted octanol–water partition coefficient (Wildman–Crippen LogP) is 6.63. The number of nitrogens with zero attached hydrogens (tertiary/aromatic N) is 2. The zero-order chi connectivity index (χ0) is 22.6. The van der Waals surface area contributed by atoms with Gasteiger partial charge in [0.2, 0.25) is 5.89 Å². The Bertz CT molecular complexity index is 1360. The van der Waals surface area contributed by atoms with Crippen molar-refractivity contribution in [1.29, 1.82) is 0 Å². The SMILES string of the molecule is COc1ccc2cc(C(C)c3nnc(COc4ccc(-c5ccccc5)cc4)o3)ccc2c1. The normalized spacial score (nSPS) is 11.9. The van der Waals surface area contributed by atoms with Crippen LogP contribution in [0.2, 0.25) is 0 Å². The number of hydrogen-bond donors (Lipinski definition) is 0. The fourth-order valence-corrected chi connectivity index (χ4v) is 3.80. The van der Waals surface area contributed by atoms with Gasteiger partial charge in [-0.3, -0.25) is 0 Å². The maximum atomic E-state index is 5.90. The number of aromatic nitrogens is 2. The minimum atomic E-state index is -0.0251. The highest BCUT2D eigenvalue weighted by Crippen LogP contribution is 2.28. The lowest BCUT2D eigenvalue weighted by molar-refractivity contribution is 0.258. The number of hydrogen-bond acceptors (Lipinski definition) is 5. The maximum Gasteiger partial charge on any atom is 0.253 e. The molecule has 1 aromatic heterocycles. The van der Waals surface area contributed by atoms with E-state index < -0.39 is 0 Å². The molecule has 5 aromatic rings. The lowest BCUT2D eigenvalue weighted by atomic mass is 9.97. The highest BCUT2D eigenvalue weighted by atomic mass is 16.5. The number of methoxy groups -OCH3 is 1. The smallest absolute Gasteiger partial charge is 0.253 e. The molecule has 164 valence electrons. The molecule has 0 radical (unpaired) electrons. The van der Waals surface area contributed by atoms with E-state index in [9.17, 15) is 0 Å². The first-order valence-corrected chi connectivity index (χ1v) is 10.9. The van der Waals surface area contributed by atoms with E-state index in [1.165, 1.54) is 5.56 Å². The third-order valence-corrected chi connectivity index (χ3v) is 5.75. The van der Waals surface area contributed by atoms with Crippen LogP contribution in [0.5, 0.6) is 11.5 Å². The molecule has 0 saturated heterocycles. The summed E-state index contributed by atoms with van der Waals surface area (Å²) >= 11 is 0. The summed E-state index contributed by atoms with van der Waals surface area (Å²) in [6.07, 6.45) is 0. The van der Waals surface area contributed by atoms with Crippen molar-refractivity contribution in [2.24, 2.45) is 0 Å². The van der Waals surface area contributed by atoms with E-state index in [-0.39, 0.29) is 12.5 Å². The molecule has 1 unspecified atom stereocenters. The molecule has 1 heterocycles. The molecule has 0 N–H and O–H groups in total. The monoisotopic (exact) mass is 436 g/mol. The van der Waals surface area contributed by atoms with Crippen molar-refractivity contribution in [1.82, 2.24) is 10.2 Å². The minimum Gasteiger partial charge on any atom is -0.497 e. The van der Waals surface area contributed by atoms with Gasteiger partial charge < -0.3 is 13.9 Å². The molecule has 0 bridgehead atoms. The molecule has 0 fully saturated rings. The lowest BCUT2D eigenvalue weighted by Crippen LogP contribution is -1.97. The van der Waals surface area contributed by atoms with Gasteiger partial charge in [-0.25, -0.2) is 0 Å². The Morgan fingerprint density at radius 2 is 1.45 bits per heavy atom. The summed E-state index contributed by atoms with van der Waals surface area (Å²) in [5.74, 6) is 2.60. The van der Waals surface area contributed by atoms with Crippen LogP contribution in [0.25, 0.3) is 21.9 Å². The highest BCUT2D eigenvalue weighted by molar-refractivity contribution is 5.84. The molecule has 0 amide bonds. The quantitative estimate of drug-likeness (QED) is 0.287. The molecule has 0 saturated carbocycles. The fraction of sp³-hybridized carbons (Fsp3) is 0.143. The second-order valence-electron chi connectivity index (χ2n) is 7.91. The van der Waals surface area contributed by atoms with Gasteiger partial charge in [-0.05, 0) is 58.7 Å². The standard InChI is InChI=1S/C28H24N2O3/c1-19(22-8-9-24-17-26(31-2)15-12-23(24)16-22)28-30-29-27(33-28)18-32-25-13-10-21(11-14-25)20-6-4-3-5-7-20/h3-17,19H,18H2,1-2H3. The van der Waals surface area contributed by atoms with Crippen LogP contribution in [-0.2, 0) is 6.61 Å². The first-order valence-electron chi connectivity index (χ1n) is 10.9. The highest BCUT2D eigenvalue weighted by Gasteiger charge is 2.17. The van der Waals surface area contributed by atoms with Crippen molar-refractivity contribution in [3.05, 3.63) is 108 Å². The Morgan fingerprint density at radius 3 is 2.24 bits per heavy atom. The van der Waals surface area contributed by atoms with Crippen LogP contribution in [0.4, 0.5) is 0 Å². The Labute approximate surface area is 192 Å². The van der Waals surface area contributed by atoms with Gasteiger partial charge in [0.05, 0.1) is 13.0 Å². The van der Waals surface area contributed by atoms with Gasteiger partial charge in [0, 0.05) is 0 Å². The molecular formula is C28H24N2O3. The lowest BCUT2D eigenvalue weighted by Gasteiger charge is -2.09. The molecule has 0 aliphatic heterocycles. The largest absolute Gasteiger partial charge is 0.497 e. The van der Waals surface area contributed by atoms with Gasteiger partial charge in [-0.1, -0.05) is 66.7 Å². The number of benzene rings is 4. The van der Waals surface area contributed by atoms with E-state index in [1.807, 2.05) is 54.6 Å². The van der Waals surface area contributed by atoms with Crippen molar-refractivity contribution in [3.8, 4) is 22.6 Å². The summed E-state index contributed by atoms with van der Waals surface area (Å²) in [6.45, 7) is 2.28.